The summed E-state index contributed by atoms with van der Waals surface area (Å²) in [5.74, 6) is 0. The number of nitrogen functional groups attached to an aromatic ring is 1. The van der Waals surface area contributed by atoms with Gasteiger partial charge in [-0.25, -0.2) is 8.42 Å². The fourth-order valence-corrected chi connectivity index (χ4v) is 5.40. The molecule has 2 rings (SSSR count). The molecule has 1 aromatic rings. The first kappa shape index (κ1) is 16.5. The van der Waals surface area contributed by atoms with Crippen molar-refractivity contribution in [3.8, 4) is 0 Å². The molecule has 1 fully saturated rings. The van der Waals surface area contributed by atoms with Crippen LogP contribution in [0, 0.1) is 6.92 Å². The molecule has 0 heterocycles. The molecule has 0 aromatic heterocycles. The van der Waals surface area contributed by atoms with Crippen molar-refractivity contribution in [2.24, 2.45) is 0 Å². The lowest BCUT2D eigenvalue weighted by Crippen LogP contribution is -2.39. The van der Waals surface area contributed by atoms with Crippen LogP contribution in [0.1, 0.15) is 31.2 Å². The Balaban J connectivity index is 2.50. The van der Waals surface area contributed by atoms with Gasteiger partial charge in [-0.2, -0.15) is 4.31 Å². The number of rotatable bonds is 5. The summed E-state index contributed by atoms with van der Waals surface area (Å²) in [6.45, 7) is 5.77. The van der Waals surface area contributed by atoms with Crippen LogP contribution >= 0.6 is 15.9 Å². The predicted octanol–water partition coefficient (Wildman–Crippen LogP) is 3.46. The average molecular weight is 373 g/mol. The number of benzene rings is 1. The molecular formula is C15H21BrN2O2S. The SMILES string of the molecule is C=CCN(C1CCCC1)S(=O)(=O)c1cc(Br)cc(N)c1C. The van der Waals surface area contributed by atoms with E-state index in [1.807, 2.05) is 0 Å². The highest BCUT2D eigenvalue weighted by Gasteiger charge is 2.33. The second kappa shape index (κ2) is 6.50. The summed E-state index contributed by atoms with van der Waals surface area (Å²) in [5.41, 5.74) is 6.99. The second-order valence-corrected chi connectivity index (χ2v) is 8.19. The minimum atomic E-state index is -3.57. The van der Waals surface area contributed by atoms with Crippen LogP contribution < -0.4 is 5.73 Å². The van der Waals surface area contributed by atoms with Crippen LogP contribution in [0.3, 0.4) is 0 Å². The molecule has 0 amide bonds. The first-order chi connectivity index (χ1) is 9.87. The summed E-state index contributed by atoms with van der Waals surface area (Å²) in [4.78, 5) is 0.281. The highest BCUT2D eigenvalue weighted by atomic mass is 79.9. The molecule has 1 aliphatic carbocycles. The maximum absolute atomic E-state index is 13.0. The van der Waals surface area contributed by atoms with E-state index in [1.54, 1.807) is 29.4 Å². The molecule has 0 aliphatic heterocycles. The van der Waals surface area contributed by atoms with Crippen molar-refractivity contribution < 1.29 is 8.42 Å². The zero-order chi connectivity index (χ0) is 15.6. The van der Waals surface area contributed by atoms with E-state index in [1.165, 1.54) is 0 Å². The Morgan fingerprint density at radius 2 is 2.05 bits per heavy atom. The minimum Gasteiger partial charge on any atom is -0.398 e. The summed E-state index contributed by atoms with van der Waals surface area (Å²) >= 11 is 3.33. The van der Waals surface area contributed by atoms with E-state index in [-0.39, 0.29) is 10.9 Å². The van der Waals surface area contributed by atoms with Crippen LogP contribution in [0.4, 0.5) is 5.69 Å². The first-order valence-corrected chi connectivity index (χ1v) is 9.29. The highest BCUT2D eigenvalue weighted by Crippen LogP contribution is 2.32. The number of sulfonamides is 1. The molecule has 2 N–H and O–H groups in total. The van der Waals surface area contributed by atoms with Gasteiger partial charge in [0.2, 0.25) is 10.0 Å². The monoisotopic (exact) mass is 372 g/mol. The summed E-state index contributed by atoms with van der Waals surface area (Å²) in [6.07, 6.45) is 5.62. The number of hydrogen-bond acceptors (Lipinski definition) is 3. The van der Waals surface area contributed by atoms with Crippen LogP contribution in [-0.2, 0) is 10.0 Å². The van der Waals surface area contributed by atoms with E-state index in [2.05, 4.69) is 22.5 Å². The highest BCUT2D eigenvalue weighted by molar-refractivity contribution is 9.10. The first-order valence-electron chi connectivity index (χ1n) is 7.06. The smallest absolute Gasteiger partial charge is 0.243 e. The molecule has 0 saturated heterocycles. The van der Waals surface area contributed by atoms with Gasteiger partial charge in [0.1, 0.15) is 0 Å². The van der Waals surface area contributed by atoms with Gasteiger partial charge in [0.15, 0.2) is 0 Å². The third kappa shape index (κ3) is 3.33. The average Bonchev–Trinajstić information content (AvgIpc) is 2.93. The lowest BCUT2D eigenvalue weighted by Gasteiger charge is -2.28. The maximum atomic E-state index is 13.0. The lowest BCUT2D eigenvalue weighted by atomic mass is 10.2. The molecule has 0 radical (unpaired) electrons. The Labute approximate surface area is 135 Å². The molecule has 6 heteroatoms. The van der Waals surface area contributed by atoms with Crippen LogP contribution in [0.15, 0.2) is 34.2 Å². The van der Waals surface area contributed by atoms with E-state index in [0.717, 1.165) is 25.7 Å². The van der Waals surface area contributed by atoms with Gasteiger partial charge in [-0.1, -0.05) is 34.8 Å². The van der Waals surface area contributed by atoms with Crippen molar-refractivity contribution in [2.45, 2.75) is 43.5 Å². The predicted molar refractivity (Wildman–Crippen MR) is 89.6 cm³/mol. The van der Waals surface area contributed by atoms with Gasteiger partial charge in [0, 0.05) is 22.7 Å². The van der Waals surface area contributed by atoms with Gasteiger partial charge in [0.25, 0.3) is 0 Å². The van der Waals surface area contributed by atoms with E-state index in [0.29, 0.717) is 22.3 Å². The zero-order valence-electron chi connectivity index (χ0n) is 12.2. The van der Waals surface area contributed by atoms with Crippen LogP contribution in [-0.4, -0.2) is 25.3 Å². The van der Waals surface area contributed by atoms with Gasteiger partial charge in [-0.15, -0.1) is 6.58 Å². The third-order valence-electron chi connectivity index (χ3n) is 3.99. The fourth-order valence-electron chi connectivity index (χ4n) is 2.83. The molecule has 116 valence electrons. The van der Waals surface area contributed by atoms with Gasteiger partial charge in [-0.05, 0) is 37.5 Å². The molecular weight excluding hydrogens is 352 g/mol. The molecule has 1 aromatic carbocycles. The van der Waals surface area contributed by atoms with E-state index in [9.17, 15) is 8.42 Å². The Kier molecular flexibility index (Phi) is 5.11. The number of halogens is 1. The molecule has 1 aliphatic rings. The van der Waals surface area contributed by atoms with Crippen LogP contribution in [0.2, 0.25) is 0 Å². The maximum Gasteiger partial charge on any atom is 0.243 e. The van der Waals surface area contributed by atoms with Crippen molar-refractivity contribution in [3.05, 3.63) is 34.8 Å². The summed E-state index contributed by atoms with van der Waals surface area (Å²) in [5, 5.41) is 0. The Bertz CT molecular complexity index is 637. The van der Waals surface area contributed by atoms with Crippen molar-refractivity contribution in [2.75, 3.05) is 12.3 Å². The molecule has 0 spiro atoms. The number of anilines is 1. The number of hydrogen-bond donors (Lipinski definition) is 1. The summed E-state index contributed by atoms with van der Waals surface area (Å²) in [7, 11) is -3.57. The summed E-state index contributed by atoms with van der Waals surface area (Å²) in [6, 6.07) is 3.42. The van der Waals surface area contributed by atoms with Crippen molar-refractivity contribution >= 4 is 31.6 Å². The topological polar surface area (TPSA) is 63.4 Å². The summed E-state index contributed by atoms with van der Waals surface area (Å²) < 4.78 is 28.3. The fraction of sp³-hybridized carbons (Fsp3) is 0.467. The molecule has 4 nitrogen and oxygen atoms in total. The van der Waals surface area contributed by atoms with Crippen LogP contribution in [0.25, 0.3) is 0 Å². The van der Waals surface area contributed by atoms with Crippen molar-refractivity contribution in [1.82, 2.24) is 4.31 Å². The quantitative estimate of drug-likeness (QED) is 0.635. The molecule has 0 bridgehead atoms. The van der Waals surface area contributed by atoms with E-state index >= 15 is 0 Å². The second-order valence-electron chi connectivity index (χ2n) is 5.42. The molecule has 1 saturated carbocycles. The largest absolute Gasteiger partial charge is 0.398 e. The molecule has 21 heavy (non-hydrogen) atoms. The number of nitrogens with zero attached hydrogens (tertiary/aromatic N) is 1. The van der Waals surface area contributed by atoms with Crippen molar-refractivity contribution in [3.63, 3.8) is 0 Å². The van der Waals surface area contributed by atoms with Gasteiger partial charge in [0.05, 0.1) is 4.90 Å². The zero-order valence-corrected chi connectivity index (χ0v) is 14.6. The minimum absolute atomic E-state index is 0.0626. The lowest BCUT2D eigenvalue weighted by molar-refractivity contribution is 0.347. The normalized spacial score (nSPS) is 16.5. The number of nitrogens with two attached hydrogens (primary N) is 1. The van der Waals surface area contributed by atoms with Gasteiger partial charge in [-0.3, -0.25) is 0 Å². The van der Waals surface area contributed by atoms with E-state index in [4.69, 9.17) is 5.73 Å². The Morgan fingerprint density at radius 1 is 1.43 bits per heavy atom. The van der Waals surface area contributed by atoms with Crippen LogP contribution in [0.5, 0.6) is 0 Å². The standard InChI is InChI=1S/C15H21BrN2O2S/c1-3-8-18(13-6-4-5-7-13)21(19,20)15-10-12(16)9-14(17)11(15)2/h3,9-10,13H,1,4-8,17H2,2H3. The van der Waals surface area contributed by atoms with Crippen molar-refractivity contribution in [1.29, 1.82) is 0 Å². The molecule has 0 atom stereocenters. The van der Waals surface area contributed by atoms with Gasteiger partial charge >= 0.3 is 0 Å². The third-order valence-corrected chi connectivity index (χ3v) is 6.49. The Morgan fingerprint density at radius 3 is 2.62 bits per heavy atom. The molecule has 0 unspecified atom stereocenters. The Hall–Kier alpha value is -0.850. The van der Waals surface area contributed by atoms with Gasteiger partial charge < -0.3 is 5.73 Å². The van der Waals surface area contributed by atoms with E-state index < -0.39 is 10.0 Å².